The van der Waals surface area contributed by atoms with Crippen molar-refractivity contribution >= 4 is 75.9 Å². The zero-order valence-electron chi connectivity index (χ0n) is 47.1. The molecule has 2 aliphatic rings. The maximum atomic E-state index is 15.0. The van der Waals surface area contributed by atoms with E-state index in [1.807, 2.05) is 31.2 Å². The normalized spacial score (nSPS) is 22.3. The third kappa shape index (κ3) is 19.4. The van der Waals surface area contributed by atoms with Crippen LogP contribution in [0.1, 0.15) is 121 Å². The number of fused-ring (bicyclic) bond motifs is 1. The van der Waals surface area contributed by atoms with Crippen LogP contribution < -0.4 is 65.1 Å². The molecule has 1 aliphatic carbocycles. The van der Waals surface area contributed by atoms with E-state index in [4.69, 9.17) is 17.2 Å². The maximum Gasteiger partial charge on any atom is 0.246 e. The summed E-state index contributed by atoms with van der Waals surface area (Å²) < 4.78 is 0. The molecule has 1 saturated carbocycles. The summed E-state index contributed by atoms with van der Waals surface area (Å²) in [7, 11) is 0. The Balaban J connectivity index is 1.41. The molecule has 1 spiro atoms. The zero-order chi connectivity index (χ0) is 59.9. The largest absolute Gasteiger partial charge is 0.370 e. The number of nitrogens with one attached hydrogen (secondary N) is 11. The van der Waals surface area contributed by atoms with Gasteiger partial charge in [0.1, 0.15) is 47.8 Å². The Morgan fingerprint density at radius 3 is 2.07 bits per heavy atom. The fraction of sp³-hybridized carbons (Fsp3) is 0.509. The highest BCUT2D eigenvalue weighted by atomic mass is 16.2. The van der Waals surface area contributed by atoms with Crippen molar-refractivity contribution in [1.82, 2.24) is 62.8 Å². The van der Waals surface area contributed by atoms with Crippen LogP contribution >= 0.6 is 0 Å². The summed E-state index contributed by atoms with van der Waals surface area (Å²) in [5.41, 5.74) is 18.0. The molecule has 26 nitrogen and oxygen atoms in total. The Labute approximate surface area is 481 Å². The lowest BCUT2D eigenvalue weighted by Crippen LogP contribution is -2.65. The molecule has 448 valence electrons. The molecule has 17 N–H and O–H groups in total. The van der Waals surface area contributed by atoms with Crippen molar-refractivity contribution in [1.29, 1.82) is 0 Å². The smallest absolute Gasteiger partial charge is 0.246 e. The van der Waals surface area contributed by atoms with E-state index in [9.17, 15) is 47.9 Å². The number of nitrogens with two attached hydrogens (primary N) is 3. The SMILES string of the molecule is CCCC[C@H](NC(C)=O)C(=O)N[C@H]1CC(=O)NCCCC[C@@H](C(N)=O)NC(=O)C2(CCCCC2)NC(=O)[C@H](Cc2c[nH]c3ccccc23)NC(=O)[C@H](CCCN=C(N)N)NC(=O)[C@@H](Cc2ccccc2)NC(=O)[C@H](Cc2cnc[nH]2)NC1=O. The maximum absolute atomic E-state index is 15.0. The number of carbonyl (C=O) groups excluding carboxylic acids is 10. The van der Waals surface area contributed by atoms with Crippen molar-refractivity contribution in [3.8, 4) is 0 Å². The Kier molecular flexibility index (Phi) is 24.0. The molecule has 83 heavy (non-hydrogen) atoms. The van der Waals surface area contributed by atoms with Crippen LogP contribution in [0.25, 0.3) is 10.9 Å². The third-order valence-electron chi connectivity index (χ3n) is 14.8. The fourth-order valence-corrected chi connectivity index (χ4v) is 10.3. The number of aromatic nitrogens is 3. The van der Waals surface area contributed by atoms with Gasteiger partial charge in [-0.15, -0.1) is 0 Å². The van der Waals surface area contributed by atoms with Gasteiger partial charge in [0.15, 0.2) is 5.96 Å². The van der Waals surface area contributed by atoms with Crippen LogP contribution in [0.5, 0.6) is 0 Å². The van der Waals surface area contributed by atoms with E-state index in [2.05, 4.69) is 67.8 Å². The van der Waals surface area contributed by atoms with E-state index >= 15 is 0 Å². The summed E-state index contributed by atoms with van der Waals surface area (Å²) in [6.07, 6.45) is 7.77. The summed E-state index contributed by atoms with van der Waals surface area (Å²) in [6.45, 7) is 3.21. The highest BCUT2D eigenvalue weighted by Gasteiger charge is 2.44. The lowest BCUT2D eigenvalue weighted by Gasteiger charge is -2.38. The molecule has 2 fully saturated rings. The first kappa shape index (κ1) is 63.3. The van der Waals surface area contributed by atoms with Gasteiger partial charge in [0.2, 0.25) is 59.1 Å². The lowest BCUT2D eigenvalue weighted by molar-refractivity contribution is -0.139. The highest BCUT2D eigenvalue weighted by molar-refractivity contribution is 6.00. The zero-order valence-corrected chi connectivity index (χ0v) is 47.1. The number of nitrogens with zero attached hydrogens (tertiary/aromatic N) is 2. The van der Waals surface area contributed by atoms with Gasteiger partial charge in [-0.3, -0.25) is 52.9 Å². The first-order valence-corrected chi connectivity index (χ1v) is 28.4. The minimum Gasteiger partial charge on any atom is -0.370 e. The predicted molar refractivity (Wildman–Crippen MR) is 308 cm³/mol. The number of rotatable bonds is 17. The molecule has 0 bridgehead atoms. The second-order valence-electron chi connectivity index (χ2n) is 21.3. The monoisotopic (exact) mass is 1150 g/mol. The second kappa shape index (κ2) is 31.4. The van der Waals surface area contributed by atoms with Crippen molar-refractivity contribution in [2.45, 2.75) is 171 Å². The molecule has 1 aliphatic heterocycles. The Bertz CT molecular complexity index is 2900. The number of primary amides is 1. The molecule has 3 heterocycles. The van der Waals surface area contributed by atoms with Gasteiger partial charge in [-0.2, -0.15) is 0 Å². The van der Waals surface area contributed by atoms with Crippen LogP contribution in [0.15, 0.2) is 78.3 Å². The van der Waals surface area contributed by atoms with E-state index in [0.29, 0.717) is 42.5 Å². The van der Waals surface area contributed by atoms with Gasteiger partial charge >= 0.3 is 0 Å². The summed E-state index contributed by atoms with van der Waals surface area (Å²) in [6, 6.07) is 6.50. The first-order valence-electron chi connectivity index (χ1n) is 28.4. The van der Waals surface area contributed by atoms with Gasteiger partial charge < -0.3 is 75.0 Å². The van der Waals surface area contributed by atoms with Crippen LogP contribution in [-0.4, -0.2) is 141 Å². The number of benzene rings is 2. The lowest BCUT2D eigenvalue weighted by atomic mass is 9.80. The molecule has 2 aromatic carbocycles. The first-order chi connectivity index (χ1) is 39.8. The van der Waals surface area contributed by atoms with E-state index in [1.54, 1.807) is 36.5 Å². The number of carbonyl (C=O) groups is 10. The Morgan fingerprint density at radius 1 is 0.735 bits per heavy atom. The molecular weight excluding hydrogens is 1070 g/mol. The summed E-state index contributed by atoms with van der Waals surface area (Å²) in [5, 5.41) is 25.6. The minimum atomic E-state index is -1.61. The van der Waals surface area contributed by atoms with Crippen LogP contribution in [0.2, 0.25) is 0 Å². The van der Waals surface area contributed by atoms with Gasteiger partial charge in [0.25, 0.3) is 0 Å². The van der Waals surface area contributed by atoms with Crippen molar-refractivity contribution in [2.75, 3.05) is 13.1 Å². The van der Waals surface area contributed by atoms with Crippen molar-refractivity contribution in [3.63, 3.8) is 0 Å². The number of hydrogen-bond acceptors (Lipinski definition) is 12. The van der Waals surface area contributed by atoms with Crippen molar-refractivity contribution in [2.24, 2.45) is 22.2 Å². The van der Waals surface area contributed by atoms with Gasteiger partial charge in [-0.05, 0) is 68.6 Å². The summed E-state index contributed by atoms with van der Waals surface area (Å²) >= 11 is 0. The van der Waals surface area contributed by atoms with Crippen LogP contribution in [0.4, 0.5) is 0 Å². The van der Waals surface area contributed by atoms with E-state index in [0.717, 1.165) is 17.3 Å². The quantitative estimate of drug-likeness (QED) is 0.0363. The number of hydrogen-bond donors (Lipinski definition) is 14. The molecule has 2 aromatic heterocycles. The number of H-pyrrole nitrogens is 2. The molecular formula is C57H80N16O10. The number of aliphatic imine (C=N–C) groups is 1. The van der Waals surface area contributed by atoms with Crippen LogP contribution in [0.3, 0.4) is 0 Å². The van der Waals surface area contributed by atoms with E-state index < -0.39 is 113 Å². The topological polar surface area (TPSA) is 414 Å². The number of aromatic amines is 2. The molecule has 10 amide bonds. The molecule has 4 aromatic rings. The Hall–Kier alpha value is -8.84. The van der Waals surface area contributed by atoms with Gasteiger partial charge in [0, 0.05) is 68.3 Å². The van der Waals surface area contributed by atoms with Crippen molar-refractivity contribution < 1.29 is 47.9 Å². The fourth-order valence-electron chi connectivity index (χ4n) is 10.3. The van der Waals surface area contributed by atoms with Gasteiger partial charge in [0.05, 0.1) is 12.7 Å². The molecule has 0 radical (unpaired) electrons. The standard InChI is InChI=1S/C57H80N16O10/c1-3-4-19-41(66-34(2)74)49(77)71-46-30-47(75)62-25-14-11-21-40(48(58)76)72-55(83)57(23-12-6-13-24-57)73-54(82)44(28-36-31-64-39-20-10-9-18-38(36)39)69-50(78)42(22-15-26-63-56(59)60)67-51(79)43(27-35-16-7-5-8-17-35)68-52(80)45(70-53(46)81)29-37-32-61-33-65-37/h5,7-10,16-18,20,31-33,40-46,64H,3-4,6,11-15,19,21-30H2,1-2H3,(H2,58,76)(H,61,65)(H,62,75)(H,66,74)(H,67,79)(H,68,80)(H,69,78)(H,70,81)(H,71,77)(H,72,83)(H,73,82)(H4,59,60,63)/t40-,41-,42-,43+,44-,45-,46-/m0/s1. The second-order valence-corrected chi connectivity index (χ2v) is 21.3. The number of amides is 10. The number of unbranched alkanes of at least 4 members (excludes halogenated alkanes) is 1. The Morgan fingerprint density at radius 2 is 1.40 bits per heavy atom. The molecule has 0 unspecified atom stereocenters. The van der Waals surface area contributed by atoms with Crippen molar-refractivity contribution in [3.05, 3.63) is 90.1 Å². The highest BCUT2D eigenvalue weighted by Crippen LogP contribution is 2.30. The predicted octanol–water partition coefficient (Wildman–Crippen LogP) is -0.429. The molecule has 7 atom stereocenters. The van der Waals surface area contributed by atoms with Crippen LogP contribution in [-0.2, 0) is 67.2 Å². The number of guanidine groups is 1. The average molecular weight is 1150 g/mol. The molecule has 6 rings (SSSR count). The van der Waals surface area contributed by atoms with Crippen LogP contribution in [0, 0.1) is 0 Å². The third-order valence-corrected chi connectivity index (χ3v) is 14.8. The minimum absolute atomic E-state index is 0.0297. The number of para-hydroxylation sites is 1. The molecule has 1 saturated heterocycles. The van der Waals surface area contributed by atoms with E-state index in [1.165, 1.54) is 19.4 Å². The van der Waals surface area contributed by atoms with E-state index in [-0.39, 0.29) is 89.7 Å². The van der Waals surface area contributed by atoms with Gasteiger partial charge in [-0.25, -0.2) is 4.98 Å². The number of imidazole rings is 1. The molecule has 26 heteroatoms. The van der Waals surface area contributed by atoms with Gasteiger partial charge in [-0.1, -0.05) is 87.6 Å². The summed E-state index contributed by atoms with van der Waals surface area (Å²) in [4.78, 5) is 156. The summed E-state index contributed by atoms with van der Waals surface area (Å²) in [5.74, 6) is -7.84. The average Bonchev–Trinajstić information content (AvgIpc) is 4.35.